The molecule has 3 unspecified atom stereocenters. The molecule has 108 valence electrons. The van der Waals surface area contributed by atoms with Crippen molar-refractivity contribution in [3.8, 4) is 0 Å². The minimum atomic E-state index is -1.01. The van der Waals surface area contributed by atoms with Crippen molar-refractivity contribution >= 4 is 12.0 Å². The molecule has 19 heavy (non-hydrogen) atoms. The predicted molar refractivity (Wildman–Crippen MR) is 65.8 cm³/mol. The Balaban J connectivity index is 2.05. The fourth-order valence-electron chi connectivity index (χ4n) is 2.72. The van der Waals surface area contributed by atoms with Crippen LogP contribution in [0.1, 0.15) is 19.3 Å². The van der Waals surface area contributed by atoms with Gasteiger partial charge in [-0.1, -0.05) is 0 Å². The van der Waals surface area contributed by atoms with Crippen molar-refractivity contribution in [3.05, 3.63) is 0 Å². The third-order valence-corrected chi connectivity index (χ3v) is 3.79. The zero-order valence-electron chi connectivity index (χ0n) is 11.0. The highest BCUT2D eigenvalue weighted by atomic mass is 16.5. The fourth-order valence-corrected chi connectivity index (χ4v) is 2.72. The number of carbonyl (C=O) groups excluding carboxylic acids is 1. The summed E-state index contributed by atoms with van der Waals surface area (Å²) in [4.78, 5) is 26.4. The molecule has 2 amide bonds. The highest BCUT2D eigenvalue weighted by Gasteiger charge is 2.41. The van der Waals surface area contributed by atoms with E-state index in [0.717, 1.165) is 6.42 Å². The van der Waals surface area contributed by atoms with Gasteiger partial charge in [-0.05, 0) is 12.8 Å². The largest absolute Gasteiger partial charge is 0.480 e. The van der Waals surface area contributed by atoms with Gasteiger partial charge in [0.15, 0.2) is 0 Å². The van der Waals surface area contributed by atoms with Gasteiger partial charge < -0.3 is 24.7 Å². The summed E-state index contributed by atoms with van der Waals surface area (Å²) in [5.41, 5.74) is 0. The molecule has 0 aromatic rings. The van der Waals surface area contributed by atoms with Gasteiger partial charge >= 0.3 is 12.0 Å². The van der Waals surface area contributed by atoms with Gasteiger partial charge in [-0.2, -0.15) is 0 Å². The molecule has 0 aromatic carbocycles. The van der Waals surface area contributed by atoms with Gasteiger partial charge in [-0.3, -0.25) is 0 Å². The van der Waals surface area contributed by atoms with Crippen molar-refractivity contribution in [1.29, 1.82) is 0 Å². The van der Waals surface area contributed by atoms with Crippen LogP contribution in [0.2, 0.25) is 0 Å². The number of ether oxygens (including phenoxy) is 1. The molecule has 7 nitrogen and oxygen atoms in total. The number of aliphatic carboxylic acids is 1. The van der Waals surface area contributed by atoms with E-state index in [0.29, 0.717) is 25.9 Å². The van der Waals surface area contributed by atoms with Crippen LogP contribution in [0.5, 0.6) is 0 Å². The summed E-state index contributed by atoms with van der Waals surface area (Å²) < 4.78 is 5.16. The third kappa shape index (κ3) is 2.98. The predicted octanol–water partition coefficient (Wildman–Crippen LogP) is -0.263. The molecule has 2 heterocycles. The summed E-state index contributed by atoms with van der Waals surface area (Å²) in [6, 6.07) is -1.15. The minimum absolute atomic E-state index is 0.236. The lowest BCUT2D eigenvalue weighted by molar-refractivity contribution is -0.141. The first-order chi connectivity index (χ1) is 9.02. The summed E-state index contributed by atoms with van der Waals surface area (Å²) >= 11 is 0. The standard InChI is InChI=1S/C12H20N2O5/c1-19-9-5-10(11(16)17)14(7-9)12(18)13-4-2-3-8(15)6-13/h8-10,15H,2-7H2,1H3,(H,16,17). The molecule has 2 aliphatic rings. The molecule has 2 rings (SSSR count). The fraction of sp³-hybridized carbons (Fsp3) is 0.833. The molecule has 7 heteroatoms. The lowest BCUT2D eigenvalue weighted by Crippen LogP contribution is -2.52. The maximum Gasteiger partial charge on any atom is 0.326 e. The van der Waals surface area contributed by atoms with Crippen LogP contribution in [0, 0.1) is 0 Å². The second kappa shape index (κ2) is 5.75. The Morgan fingerprint density at radius 3 is 2.63 bits per heavy atom. The number of likely N-dealkylation sites (tertiary alicyclic amines) is 2. The van der Waals surface area contributed by atoms with E-state index >= 15 is 0 Å². The van der Waals surface area contributed by atoms with E-state index in [1.807, 2.05) is 0 Å². The third-order valence-electron chi connectivity index (χ3n) is 3.79. The molecule has 0 bridgehead atoms. The van der Waals surface area contributed by atoms with E-state index in [2.05, 4.69) is 0 Å². The Morgan fingerprint density at radius 1 is 1.32 bits per heavy atom. The molecule has 0 aliphatic carbocycles. The number of amides is 2. The maximum atomic E-state index is 12.3. The summed E-state index contributed by atoms with van der Waals surface area (Å²) in [6.07, 6.45) is 0.995. The van der Waals surface area contributed by atoms with Crippen LogP contribution in [0.25, 0.3) is 0 Å². The highest BCUT2D eigenvalue weighted by Crippen LogP contribution is 2.23. The second-order valence-electron chi connectivity index (χ2n) is 5.12. The first kappa shape index (κ1) is 14.1. The molecule has 0 spiro atoms. The van der Waals surface area contributed by atoms with Gasteiger partial charge in [-0.25, -0.2) is 9.59 Å². The van der Waals surface area contributed by atoms with Gasteiger partial charge in [0.1, 0.15) is 6.04 Å². The Labute approximate surface area is 111 Å². The molecule has 2 N–H and O–H groups in total. The summed E-state index contributed by atoms with van der Waals surface area (Å²) in [5.74, 6) is -1.01. The molecule has 3 atom stereocenters. The number of carboxylic acids is 1. The quantitative estimate of drug-likeness (QED) is 0.722. The second-order valence-corrected chi connectivity index (χ2v) is 5.12. The SMILES string of the molecule is COC1CC(C(=O)O)N(C(=O)N2CCCC(O)C2)C1. The van der Waals surface area contributed by atoms with E-state index in [-0.39, 0.29) is 18.7 Å². The number of carbonyl (C=O) groups is 2. The Kier molecular flexibility index (Phi) is 4.26. The molecule has 2 saturated heterocycles. The maximum absolute atomic E-state index is 12.3. The van der Waals surface area contributed by atoms with Gasteiger partial charge in [0.2, 0.25) is 0 Å². The smallest absolute Gasteiger partial charge is 0.326 e. The van der Waals surface area contributed by atoms with Crippen LogP contribution >= 0.6 is 0 Å². The molecule has 2 aliphatic heterocycles. The number of urea groups is 1. The van der Waals surface area contributed by atoms with E-state index in [1.54, 1.807) is 0 Å². The molecule has 0 aromatic heterocycles. The average molecular weight is 272 g/mol. The number of hydrogen-bond acceptors (Lipinski definition) is 4. The number of aliphatic hydroxyl groups excluding tert-OH is 1. The van der Waals surface area contributed by atoms with Crippen molar-refractivity contribution in [1.82, 2.24) is 9.80 Å². The average Bonchev–Trinajstić information content (AvgIpc) is 2.82. The molecular weight excluding hydrogens is 252 g/mol. The number of rotatable bonds is 2. The minimum Gasteiger partial charge on any atom is -0.480 e. The summed E-state index contributed by atoms with van der Waals surface area (Å²) in [6.45, 7) is 1.13. The van der Waals surface area contributed by atoms with Crippen molar-refractivity contribution < 1.29 is 24.5 Å². The number of piperidine rings is 1. The summed E-state index contributed by atoms with van der Waals surface area (Å²) in [5, 5.41) is 18.8. The van der Waals surface area contributed by atoms with Crippen molar-refractivity contribution in [2.75, 3.05) is 26.7 Å². The lowest BCUT2D eigenvalue weighted by Gasteiger charge is -2.34. The number of nitrogens with zero attached hydrogens (tertiary/aromatic N) is 2. The number of aliphatic hydroxyl groups is 1. The first-order valence-corrected chi connectivity index (χ1v) is 6.52. The molecule has 0 radical (unpaired) electrons. The lowest BCUT2D eigenvalue weighted by atomic mass is 10.1. The Morgan fingerprint density at radius 2 is 2.05 bits per heavy atom. The van der Waals surface area contributed by atoms with Gasteiger partial charge in [0.25, 0.3) is 0 Å². The van der Waals surface area contributed by atoms with E-state index < -0.39 is 18.1 Å². The van der Waals surface area contributed by atoms with Crippen LogP contribution in [-0.4, -0.2) is 77.0 Å². The number of carboxylic acid groups (broad SMARTS) is 1. The Hall–Kier alpha value is -1.34. The Bertz CT molecular complexity index is 362. The van der Waals surface area contributed by atoms with Crippen LogP contribution < -0.4 is 0 Å². The van der Waals surface area contributed by atoms with Gasteiger partial charge in [0, 0.05) is 33.2 Å². The van der Waals surface area contributed by atoms with Crippen LogP contribution in [0.15, 0.2) is 0 Å². The molecule has 2 fully saturated rings. The van der Waals surface area contributed by atoms with Crippen LogP contribution in [0.3, 0.4) is 0 Å². The monoisotopic (exact) mass is 272 g/mol. The van der Waals surface area contributed by atoms with Crippen LogP contribution in [-0.2, 0) is 9.53 Å². The topological polar surface area (TPSA) is 90.3 Å². The number of β-amino-alcohol motifs (C(OH)–C–C–N with tert-alkyl or cyclic N) is 1. The van der Waals surface area contributed by atoms with E-state index in [1.165, 1.54) is 16.9 Å². The number of methoxy groups -OCH3 is 1. The molecular formula is C12H20N2O5. The number of hydrogen-bond donors (Lipinski definition) is 2. The van der Waals surface area contributed by atoms with Crippen molar-refractivity contribution in [2.45, 2.75) is 37.5 Å². The van der Waals surface area contributed by atoms with Crippen molar-refractivity contribution in [2.24, 2.45) is 0 Å². The molecule has 0 saturated carbocycles. The zero-order valence-corrected chi connectivity index (χ0v) is 11.0. The first-order valence-electron chi connectivity index (χ1n) is 6.52. The van der Waals surface area contributed by atoms with Gasteiger partial charge in [-0.15, -0.1) is 0 Å². The summed E-state index contributed by atoms with van der Waals surface area (Å²) in [7, 11) is 1.52. The van der Waals surface area contributed by atoms with Gasteiger partial charge in [0.05, 0.1) is 12.2 Å². The highest BCUT2D eigenvalue weighted by molar-refractivity contribution is 5.83. The normalized spacial score (nSPS) is 31.6. The van der Waals surface area contributed by atoms with Crippen molar-refractivity contribution in [3.63, 3.8) is 0 Å². The van der Waals surface area contributed by atoms with E-state index in [9.17, 15) is 19.8 Å². The van der Waals surface area contributed by atoms with E-state index in [4.69, 9.17) is 4.74 Å². The van der Waals surface area contributed by atoms with Crippen LogP contribution in [0.4, 0.5) is 4.79 Å². The zero-order chi connectivity index (χ0) is 14.0.